The number of para-hydroxylation sites is 4. The summed E-state index contributed by atoms with van der Waals surface area (Å²) >= 11 is 0. The van der Waals surface area contributed by atoms with Crippen molar-refractivity contribution in [3.8, 4) is 5.75 Å². The van der Waals surface area contributed by atoms with Gasteiger partial charge in [-0.05, 0) is 56.2 Å². The first-order valence-corrected chi connectivity index (χ1v) is 16.3. The number of ether oxygens (including phenoxy) is 1. The topological polar surface area (TPSA) is 166 Å². The number of rotatable bonds is 13. The van der Waals surface area contributed by atoms with Crippen LogP contribution in [0.1, 0.15) is 56.3 Å². The Kier molecular flexibility index (Phi) is 12.8. The zero-order chi connectivity index (χ0) is 34.6. The van der Waals surface area contributed by atoms with Crippen molar-refractivity contribution in [3.05, 3.63) is 78.4 Å². The predicted molar refractivity (Wildman–Crippen MR) is 187 cm³/mol. The molecule has 12 heteroatoms. The fourth-order valence-corrected chi connectivity index (χ4v) is 5.44. The first-order chi connectivity index (χ1) is 23.1. The molecule has 3 atom stereocenters. The molecule has 0 radical (unpaired) electrons. The lowest BCUT2D eigenvalue weighted by Crippen LogP contribution is -2.50. The number of benzene rings is 3. The molecular weight excluding hydrogens is 612 g/mol. The van der Waals surface area contributed by atoms with E-state index in [1.165, 1.54) is 4.90 Å². The molecule has 3 aromatic rings. The molecular formula is C36H46N6O6. The molecule has 0 saturated heterocycles. The fraction of sp³-hybridized carbons (Fsp3) is 0.389. The van der Waals surface area contributed by atoms with E-state index in [1.54, 1.807) is 73.5 Å². The average Bonchev–Trinajstić information content (AvgIpc) is 3.07. The Labute approximate surface area is 281 Å². The molecule has 3 aromatic carbocycles. The normalized spacial score (nSPS) is 16.4. The molecule has 48 heavy (non-hydrogen) atoms. The highest BCUT2D eigenvalue weighted by Crippen LogP contribution is 2.35. The smallest absolute Gasteiger partial charge is 0.321 e. The third kappa shape index (κ3) is 9.71. The zero-order valence-corrected chi connectivity index (χ0v) is 27.8. The summed E-state index contributed by atoms with van der Waals surface area (Å²) < 4.78 is 6.51. The molecule has 12 nitrogen and oxygen atoms in total. The van der Waals surface area contributed by atoms with Crippen LogP contribution in [-0.4, -0.2) is 77.5 Å². The lowest BCUT2D eigenvalue weighted by atomic mass is 9.99. The highest BCUT2D eigenvalue weighted by atomic mass is 16.5. The van der Waals surface area contributed by atoms with E-state index in [9.17, 15) is 24.3 Å². The number of urea groups is 1. The fourth-order valence-electron chi connectivity index (χ4n) is 5.44. The van der Waals surface area contributed by atoms with E-state index in [1.807, 2.05) is 25.1 Å². The van der Waals surface area contributed by atoms with Crippen LogP contribution in [0.2, 0.25) is 0 Å². The van der Waals surface area contributed by atoms with Crippen LogP contribution in [0.25, 0.3) is 0 Å². The van der Waals surface area contributed by atoms with Crippen LogP contribution in [0, 0.1) is 5.92 Å². The average molecular weight is 659 g/mol. The number of aliphatic hydroxyl groups excluding tert-OH is 1. The van der Waals surface area contributed by atoms with E-state index < -0.39 is 12.1 Å². The van der Waals surface area contributed by atoms with Gasteiger partial charge in [-0.15, -0.1) is 0 Å². The third-order valence-electron chi connectivity index (χ3n) is 8.33. The summed E-state index contributed by atoms with van der Waals surface area (Å²) in [5.74, 6) is -0.733. The molecule has 0 saturated carbocycles. The minimum atomic E-state index is -0.549. The van der Waals surface area contributed by atoms with Crippen LogP contribution in [0.15, 0.2) is 72.8 Å². The van der Waals surface area contributed by atoms with Crippen molar-refractivity contribution < 1.29 is 29.0 Å². The maximum Gasteiger partial charge on any atom is 0.321 e. The molecule has 0 fully saturated rings. The van der Waals surface area contributed by atoms with E-state index in [-0.39, 0.29) is 60.6 Å². The highest BCUT2D eigenvalue weighted by molar-refractivity contribution is 6.01. The van der Waals surface area contributed by atoms with Crippen molar-refractivity contribution in [1.29, 1.82) is 0 Å². The molecule has 5 amide bonds. The molecule has 6 N–H and O–H groups in total. The molecule has 0 spiro atoms. The molecule has 0 bridgehead atoms. The SMILES string of the molecule is C[C@@H]1CN([C@@H](C)CO)C(=O)c2cccc(NC(=O)CCCCCC(=O)Nc3ccccc3N)c2O[C@@H]1CN(C)C(=O)Nc1ccccc1. The summed E-state index contributed by atoms with van der Waals surface area (Å²) in [7, 11) is 1.67. The molecule has 0 aliphatic carbocycles. The third-order valence-corrected chi connectivity index (χ3v) is 8.33. The molecule has 4 rings (SSSR count). The summed E-state index contributed by atoms with van der Waals surface area (Å²) in [6.45, 7) is 3.97. The van der Waals surface area contributed by atoms with Crippen LogP contribution in [0.3, 0.4) is 0 Å². The van der Waals surface area contributed by atoms with Gasteiger partial charge in [-0.2, -0.15) is 0 Å². The number of fused-ring (bicyclic) bond motifs is 1. The lowest BCUT2D eigenvalue weighted by Gasteiger charge is -2.38. The Morgan fingerprint density at radius 1 is 0.917 bits per heavy atom. The number of amides is 5. The van der Waals surface area contributed by atoms with E-state index >= 15 is 0 Å². The number of nitrogens with two attached hydrogens (primary N) is 1. The Morgan fingerprint density at radius 3 is 2.21 bits per heavy atom. The molecule has 1 aliphatic rings. The number of carbonyl (C=O) groups is 4. The van der Waals surface area contributed by atoms with Gasteiger partial charge in [-0.3, -0.25) is 14.4 Å². The highest BCUT2D eigenvalue weighted by Gasteiger charge is 2.35. The van der Waals surface area contributed by atoms with Crippen molar-refractivity contribution in [3.63, 3.8) is 0 Å². The van der Waals surface area contributed by atoms with Crippen LogP contribution >= 0.6 is 0 Å². The van der Waals surface area contributed by atoms with Gasteiger partial charge >= 0.3 is 6.03 Å². The number of nitrogens with zero attached hydrogens (tertiary/aromatic N) is 2. The lowest BCUT2D eigenvalue weighted by molar-refractivity contribution is -0.116. The molecule has 0 unspecified atom stereocenters. The number of carbonyl (C=O) groups excluding carboxylic acids is 4. The number of unbranched alkanes of at least 4 members (excludes halogenated alkanes) is 2. The Balaban J connectivity index is 1.42. The Bertz CT molecular complexity index is 1570. The summed E-state index contributed by atoms with van der Waals surface area (Å²) in [5, 5.41) is 18.5. The van der Waals surface area contributed by atoms with Crippen molar-refractivity contribution in [2.24, 2.45) is 5.92 Å². The van der Waals surface area contributed by atoms with Gasteiger partial charge in [0.2, 0.25) is 11.8 Å². The van der Waals surface area contributed by atoms with Crippen LogP contribution < -0.4 is 26.4 Å². The largest absolute Gasteiger partial charge is 0.485 e. The van der Waals surface area contributed by atoms with Crippen LogP contribution in [0.4, 0.5) is 27.5 Å². The van der Waals surface area contributed by atoms with Gasteiger partial charge in [0.05, 0.1) is 41.8 Å². The van der Waals surface area contributed by atoms with Gasteiger partial charge in [0.25, 0.3) is 5.91 Å². The minimum absolute atomic E-state index is 0.140. The summed E-state index contributed by atoms with van der Waals surface area (Å²) in [4.78, 5) is 55.3. The van der Waals surface area contributed by atoms with Gasteiger partial charge < -0.3 is 41.3 Å². The maximum atomic E-state index is 13.8. The quantitative estimate of drug-likeness (QED) is 0.125. The second-order valence-corrected chi connectivity index (χ2v) is 12.2. The standard InChI is InChI=1S/C36H46N6O6/c1-24-21-42(25(2)23-43)35(46)27-15-12-18-30(34(27)48-31(24)22-41(3)36(47)38-26-13-6-4-7-14-26)40-33(45)20-9-5-8-19-32(44)39-29-17-11-10-16-28(29)37/h4,6-7,10-18,24-25,31,43H,5,8-9,19-23,37H2,1-3H3,(H,38,47)(H,39,44)(H,40,45)/t24-,25+,31-/m1/s1. The minimum Gasteiger partial charge on any atom is -0.485 e. The number of aliphatic hydroxyl groups is 1. The van der Waals surface area contributed by atoms with E-state index in [0.29, 0.717) is 55.0 Å². The van der Waals surface area contributed by atoms with E-state index in [2.05, 4.69) is 16.0 Å². The van der Waals surface area contributed by atoms with Gasteiger partial charge in [-0.1, -0.05) is 49.7 Å². The molecule has 1 heterocycles. The Hall–Kier alpha value is -5.10. The number of hydrogen-bond acceptors (Lipinski definition) is 7. The molecule has 0 aromatic heterocycles. The summed E-state index contributed by atoms with van der Waals surface area (Å²) in [5.41, 5.74) is 8.23. The van der Waals surface area contributed by atoms with Crippen molar-refractivity contribution in [2.75, 3.05) is 48.4 Å². The van der Waals surface area contributed by atoms with Gasteiger partial charge in [0.15, 0.2) is 5.75 Å². The van der Waals surface area contributed by atoms with Crippen molar-refractivity contribution >= 4 is 46.5 Å². The number of anilines is 4. The van der Waals surface area contributed by atoms with E-state index in [0.717, 1.165) is 0 Å². The van der Waals surface area contributed by atoms with E-state index in [4.69, 9.17) is 10.5 Å². The summed E-state index contributed by atoms with van der Waals surface area (Å²) in [6, 6.07) is 20.4. The van der Waals surface area contributed by atoms with Gasteiger partial charge in [-0.25, -0.2) is 4.79 Å². The zero-order valence-electron chi connectivity index (χ0n) is 27.8. The first-order valence-electron chi connectivity index (χ1n) is 16.3. The monoisotopic (exact) mass is 658 g/mol. The number of likely N-dealkylation sites (N-methyl/N-ethyl adjacent to an activating group) is 1. The molecule has 256 valence electrons. The molecule has 1 aliphatic heterocycles. The first kappa shape index (κ1) is 35.7. The van der Waals surface area contributed by atoms with Gasteiger partial charge in [0.1, 0.15) is 6.10 Å². The second-order valence-electron chi connectivity index (χ2n) is 12.2. The van der Waals surface area contributed by atoms with Crippen molar-refractivity contribution in [1.82, 2.24) is 9.80 Å². The van der Waals surface area contributed by atoms with Crippen molar-refractivity contribution in [2.45, 2.75) is 58.1 Å². The number of nitrogen functional groups attached to an aromatic ring is 1. The van der Waals surface area contributed by atoms with Crippen LogP contribution in [-0.2, 0) is 9.59 Å². The van der Waals surface area contributed by atoms with Crippen LogP contribution in [0.5, 0.6) is 5.75 Å². The second kappa shape index (κ2) is 17.2. The number of hydrogen-bond donors (Lipinski definition) is 5. The predicted octanol–water partition coefficient (Wildman–Crippen LogP) is 5.18. The maximum absolute atomic E-state index is 13.8. The number of nitrogens with one attached hydrogen (secondary N) is 3. The summed E-state index contributed by atoms with van der Waals surface area (Å²) in [6.07, 6.45) is 1.79. The Morgan fingerprint density at radius 2 is 1.54 bits per heavy atom. The van der Waals surface area contributed by atoms with Gasteiger partial charge in [0, 0.05) is 38.0 Å².